The highest BCUT2D eigenvalue weighted by atomic mass is 16.6. The molecule has 24 heavy (non-hydrogen) atoms. The van der Waals surface area contributed by atoms with Crippen LogP contribution in [0.3, 0.4) is 0 Å². The minimum Gasteiger partial charge on any atom is -0.444 e. The van der Waals surface area contributed by atoms with Crippen molar-refractivity contribution in [1.82, 2.24) is 24.8 Å². The van der Waals surface area contributed by atoms with E-state index in [0.29, 0.717) is 37.6 Å². The number of aromatic amines is 1. The maximum Gasteiger partial charge on any atom is 0.410 e. The van der Waals surface area contributed by atoms with Gasteiger partial charge in [-0.3, -0.25) is 4.79 Å². The van der Waals surface area contributed by atoms with E-state index in [2.05, 4.69) is 19.9 Å². The third-order valence-electron chi connectivity index (χ3n) is 3.59. The first-order valence-corrected chi connectivity index (χ1v) is 7.77. The van der Waals surface area contributed by atoms with E-state index in [4.69, 9.17) is 4.74 Å². The second-order valence-corrected chi connectivity index (χ2v) is 6.59. The summed E-state index contributed by atoms with van der Waals surface area (Å²) in [6, 6.07) is 0. The molecule has 1 aliphatic heterocycles. The third kappa shape index (κ3) is 3.44. The normalized spacial score (nSPS) is 15.6. The molecule has 0 spiro atoms. The quantitative estimate of drug-likeness (QED) is 0.822. The minimum absolute atomic E-state index is 0.261. The van der Waals surface area contributed by atoms with Gasteiger partial charge in [-0.25, -0.2) is 19.7 Å². The van der Waals surface area contributed by atoms with Crippen LogP contribution in [-0.4, -0.2) is 62.7 Å². The summed E-state index contributed by atoms with van der Waals surface area (Å²) in [7, 11) is 0. The molecule has 1 aliphatic rings. The molecule has 1 amide bonds. The van der Waals surface area contributed by atoms with Gasteiger partial charge in [-0.15, -0.1) is 0 Å². The fourth-order valence-electron chi connectivity index (χ4n) is 2.42. The molecule has 0 bridgehead atoms. The molecule has 0 unspecified atom stereocenters. The van der Waals surface area contributed by atoms with E-state index in [1.165, 1.54) is 12.5 Å². The predicted molar refractivity (Wildman–Crippen MR) is 88.0 cm³/mol. The summed E-state index contributed by atoms with van der Waals surface area (Å²) < 4.78 is 5.38. The second-order valence-electron chi connectivity index (χ2n) is 6.59. The summed E-state index contributed by atoms with van der Waals surface area (Å²) in [4.78, 5) is 42.6. The Bertz CT molecular complexity index is 805. The van der Waals surface area contributed by atoms with Gasteiger partial charge in [-0.2, -0.15) is 0 Å². The van der Waals surface area contributed by atoms with Crippen molar-refractivity contribution in [3.8, 4) is 0 Å². The van der Waals surface area contributed by atoms with Crippen LogP contribution in [0.2, 0.25) is 0 Å². The van der Waals surface area contributed by atoms with Crippen LogP contribution < -0.4 is 10.5 Å². The maximum absolute atomic E-state index is 12.1. The first-order chi connectivity index (χ1) is 11.3. The van der Waals surface area contributed by atoms with Gasteiger partial charge in [-0.05, 0) is 20.8 Å². The Morgan fingerprint density at radius 3 is 2.58 bits per heavy atom. The van der Waals surface area contributed by atoms with Gasteiger partial charge in [0.1, 0.15) is 11.1 Å². The van der Waals surface area contributed by atoms with Crippen LogP contribution in [0.4, 0.5) is 10.7 Å². The Morgan fingerprint density at radius 2 is 1.92 bits per heavy atom. The lowest BCUT2D eigenvalue weighted by Gasteiger charge is -2.35. The van der Waals surface area contributed by atoms with Crippen molar-refractivity contribution in [3.05, 3.63) is 22.9 Å². The van der Waals surface area contributed by atoms with E-state index in [0.717, 1.165) is 0 Å². The van der Waals surface area contributed by atoms with Crippen molar-refractivity contribution in [2.24, 2.45) is 0 Å². The topological polar surface area (TPSA) is 104 Å². The van der Waals surface area contributed by atoms with Crippen molar-refractivity contribution in [3.63, 3.8) is 0 Å². The van der Waals surface area contributed by atoms with Crippen molar-refractivity contribution in [2.75, 3.05) is 31.1 Å². The highest BCUT2D eigenvalue weighted by Crippen LogP contribution is 2.15. The molecular formula is C15H20N6O3. The molecule has 1 fully saturated rings. The highest BCUT2D eigenvalue weighted by molar-refractivity contribution is 5.73. The number of hydrogen-bond acceptors (Lipinski definition) is 7. The van der Waals surface area contributed by atoms with Gasteiger partial charge >= 0.3 is 6.09 Å². The number of carbonyl (C=O) groups excluding carboxylic acids is 1. The lowest BCUT2D eigenvalue weighted by molar-refractivity contribution is 0.0240. The Kier molecular flexibility index (Phi) is 4.08. The summed E-state index contributed by atoms with van der Waals surface area (Å²) in [5.41, 5.74) is -0.0908. The minimum atomic E-state index is -0.510. The Labute approximate surface area is 138 Å². The fourth-order valence-corrected chi connectivity index (χ4v) is 2.42. The first kappa shape index (κ1) is 16.2. The van der Waals surface area contributed by atoms with Crippen LogP contribution in [0.5, 0.6) is 0 Å². The smallest absolute Gasteiger partial charge is 0.410 e. The highest BCUT2D eigenvalue weighted by Gasteiger charge is 2.26. The lowest BCUT2D eigenvalue weighted by Crippen LogP contribution is -2.50. The van der Waals surface area contributed by atoms with Gasteiger partial charge < -0.3 is 19.5 Å². The van der Waals surface area contributed by atoms with Crippen LogP contribution in [-0.2, 0) is 4.74 Å². The molecule has 0 aliphatic carbocycles. The molecule has 1 saturated heterocycles. The molecule has 2 aromatic heterocycles. The number of ether oxygens (including phenoxy) is 1. The average Bonchev–Trinajstić information content (AvgIpc) is 2.53. The number of carbonyl (C=O) groups is 1. The number of hydrogen-bond donors (Lipinski definition) is 1. The standard InChI is InChI=1S/C15H20N6O3/c1-15(2,3)24-14(23)21-6-4-20(5-7-21)13-16-8-10-11(19-13)12(22)18-9-17-10/h8-9H,4-7H2,1-3H3,(H,17,18,22). The molecule has 9 heteroatoms. The predicted octanol–water partition coefficient (Wildman–Crippen LogP) is 0.770. The van der Waals surface area contributed by atoms with E-state index >= 15 is 0 Å². The average molecular weight is 332 g/mol. The molecule has 128 valence electrons. The Morgan fingerprint density at radius 1 is 1.21 bits per heavy atom. The van der Waals surface area contributed by atoms with Gasteiger partial charge in [0.05, 0.1) is 12.5 Å². The van der Waals surface area contributed by atoms with Gasteiger partial charge in [-0.1, -0.05) is 0 Å². The molecular weight excluding hydrogens is 312 g/mol. The molecule has 0 radical (unpaired) electrons. The van der Waals surface area contributed by atoms with E-state index in [9.17, 15) is 9.59 Å². The second kappa shape index (κ2) is 6.06. The molecule has 0 atom stereocenters. The number of fused-ring (bicyclic) bond motifs is 1. The number of aromatic nitrogens is 4. The van der Waals surface area contributed by atoms with Gasteiger partial charge in [0.15, 0.2) is 5.52 Å². The molecule has 2 aromatic rings. The number of nitrogens with zero attached hydrogens (tertiary/aromatic N) is 5. The van der Waals surface area contributed by atoms with E-state index in [1.54, 1.807) is 4.90 Å². The molecule has 3 rings (SSSR count). The van der Waals surface area contributed by atoms with E-state index < -0.39 is 5.60 Å². The van der Waals surface area contributed by atoms with Gasteiger partial charge in [0.25, 0.3) is 5.56 Å². The van der Waals surface area contributed by atoms with E-state index in [1.807, 2.05) is 25.7 Å². The number of anilines is 1. The zero-order chi connectivity index (χ0) is 17.3. The van der Waals surface area contributed by atoms with Crippen molar-refractivity contribution >= 4 is 23.1 Å². The number of rotatable bonds is 1. The summed E-state index contributed by atoms with van der Waals surface area (Å²) in [6.45, 7) is 7.70. The lowest BCUT2D eigenvalue weighted by atomic mass is 10.2. The summed E-state index contributed by atoms with van der Waals surface area (Å²) in [5, 5.41) is 0. The van der Waals surface area contributed by atoms with Crippen LogP contribution in [0.1, 0.15) is 20.8 Å². The molecule has 1 N–H and O–H groups in total. The third-order valence-corrected chi connectivity index (χ3v) is 3.59. The number of nitrogens with one attached hydrogen (secondary N) is 1. The first-order valence-electron chi connectivity index (χ1n) is 7.77. The van der Waals surface area contributed by atoms with Crippen LogP contribution in [0, 0.1) is 0 Å². The molecule has 0 aromatic carbocycles. The van der Waals surface area contributed by atoms with Crippen molar-refractivity contribution in [1.29, 1.82) is 0 Å². The molecule has 3 heterocycles. The van der Waals surface area contributed by atoms with Crippen molar-refractivity contribution in [2.45, 2.75) is 26.4 Å². The van der Waals surface area contributed by atoms with E-state index in [-0.39, 0.29) is 17.2 Å². The van der Waals surface area contributed by atoms with Gasteiger partial charge in [0, 0.05) is 26.2 Å². The molecule has 0 saturated carbocycles. The summed E-state index contributed by atoms with van der Waals surface area (Å²) >= 11 is 0. The van der Waals surface area contributed by atoms with Gasteiger partial charge in [0.2, 0.25) is 5.95 Å². The summed E-state index contributed by atoms with van der Waals surface area (Å²) in [6.07, 6.45) is 2.54. The number of piperazine rings is 1. The largest absolute Gasteiger partial charge is 0.444 e. The Balaban J connectivity index is 1.70. The maximum atomic E-state index is 12.1. The molecule has 9 nitrogen and oxygen atoms in total. The fraction of sp³-hybridized carbons (Fsp3) is 0.533. The number of amides is 1. The SMILES string of the molecule is CC(C)(C)OC(=O)N1CCN(c2ncc3nc[nH]c(=O)c3n2)CC1. The summed E-state index contributed by atoms with van der Waals surface area (Å²) in [5.74, 6) is 0.463. The Hall–Kier alpha value is -2.71. The van der Waals surface area contributed by atoms with Crippen LogP contribution >= 0.6 is 0 Å². The monoisotopic (exact) mass is 332 g/mol. The van der Waals surface area contributed by atoms with Crippen LogP contribution in [0.15, 0.2) is 17.3 Å². The number of H-pyrrole nitrogens is 1. The van der Waals surface area contributed by atoms with Crippen molar-refractivity contribution < 1.29 is 9.53 Å². The zero-order valence-electron chi connectivity index (χ0n) is 13.9. The zero-order valence-corrected chi connectivity index (χ0v) is 13.9. The van der Waals surface area contributed by atoms with Crippen LogP contribution in [0.25, 0.3) is 11.0 Å².